The highest BCUT2D eigenvalue weighted by atomic mass is 16.2. The number of rotatable bonds is 4. The molecule has 1 unspecified atom stereocenters. The van der Waals surface area contributed by atoms with E-state index in [2.05, 4.69) is 29.6 Å². The minimum Gasteiger partial charge on any atom is -0.348 e. The van der Waals surface area contributed by atoms with Gasteiger partial charge >= 0.3 is 0 Å². The molecule has 2 aromatic rings. The van der Waals surface area contributed by atoms with Crippen molar-refractivity contribution in [3.8, 4) is 0 Å². The number of benzene rings is 2. The molecule has 3 nitrogen and oxygen atoms in total. The Hall–Kier alpha value is -1.87. The van der Waals surface area contributed by atoms with Crippen LogP contribution >= 0.6 is 0 Å². The van der Waals surface area contributed by atoms with E-state index in [-0.39, 0.29) is 17.9 Å². The highest BCUT2D eigenvalue weighted by Gasteiger charge is 2.19. The lowest BCUT2D eigenvalue weighted by atomic mass is 10.0. The third kappa shape index (κ3) is 3.17. The van der Waals surface area contributed by atoms with Gasteiger partial charge in [0.15, 0.2) is 0 Å². The van der Waals surface area contributed by atoms with E-state index in [9.17, 15) is 4.79 Å². The van der Waals surface area contributed by atoms with E-state index in [1.54, 1.807) is 0 Å². The molecule has 0 spiro atoms. The second-order valence-electron chi connectivity index (χ2n) is 5.61. The number of fused-ring (bicyclic) bond motifs is 1. The van der Waals surface area contributed by atoms with Gasteiger partial charge in [-0.2, -0.15) is 0 Å². The zero-order chi connectivity index (χ0) is 14.7. The van der Waals surface area contributed by atoms with Crippen LogP contribution in [-0.2, 0) is 4.79 Å². The molecule has 2 atom stereocenters. The molecular formula is C17H22N2O. The summed E-state index contributed by atoms with van der Waals surface area (Å²) in [6, 6.07) is 13.9. The molecule has 0 aromatic heterocycles. The molecular weight excluding hydrogens is 248 g/mol. The van der Waals surface area contributed by atoms with Gasteiger partial charge < -0.3 is 11.1 Å². The van der Waals surface area contributed by atoms with Gasteiger partial charge in [-0.25, -0.2) is 0 Å². The fourth-order valence-corrected chi connectivity index (χ4v) is 2.17. The van der Waals surface area contributed by atoms with E-state index < -0.39 is 6.04 Å². The SMILES string of the molecule is CC(C)C(N)C(=O)N[C@H](C)c1ccc2ccccc2c1. The third-order valence-corrected chi connectivity index (χ3v) is 3.65. The molecule has 0 aliphatic carbocycles. The van der Waals surface area contributed by atoms with E-state index in [0.29, 0.717) is 0 Å². The van der Waals surface area contributed by atoms with Crippen molar-refractivity contribution < 1.29 is 4.79 Å². The van der Waals surface area contributed by atoms with Gasteiger partial charge in [-0.15, -0.1) is 0 Å². The molecule has 20 heavy (non-hydrogen) atoms. The molecule has 0 fully saturated rings. The fourth-order valence-electron chi connectivity index (χ4n) is 2.17. The molecule has 106 valence electrons. The van der Waals surface area contributed by atoms with Crippen molar-refractivity contribution in [1.29, 1.82) is 0 Å². The Morgan fingerprint density at radius 1 is 1.05 bits per heavy atom. The van der Waals surface area contributed by atoms with Crippen LogP contribution in [0.3, 0.4) is 0 Å². The van der Waals surface area contributed by atoms with Crippen molar-refractivity contribution >= 4 is 16.7 Å². The average Bonchev–Trinajstić information content (AvgIpc) is 2.45. The zero-order valence-electron chi connectivity index (χ0n) is 12.3. The highest BCUT2D eigenvalue weighted by Crippen LogP contribution is 2.20. The van der Waals surface area contributed by atoms with Crippen LogP contribution in [0, 0.1) is 5.92 Å². The van der Waals surface area contributed by atoms with Gasteiger partial charge in [0.25, 0.3) is 0 Å². The summed E-state index contributed by atoms with van der Waals surface area (Å²) in [6.45, 7) is 5.88. The van der Waals surface area contributed by atoms with Gasteiger partial charge in [0.2, 0.25) is 5.91 Å². The molecule has 2 rings (SSSR count). The van der Waals surface area contributed by atoms with Crippen LogP contribution in [0.1, 0.15) is 32.4 Å². The first-order valence-corrected chi connectivity index (χ1v) is 7.03. The van der Waals surface area contributed by atoms with Crippen molar-refractivity contribution in [2.24, 2.45) is 11.7 Å². The fraction of sp³-hybridized carbons (Fsp3) is 0.353. The number of nitrogens with one attached hydrogen (secondary N) is 1. The predicted molar refractivity (Wildman–Crippen MR) is 83.3 cm³/mol. The number of carbonyl (C=O) groups excluding carboxylic acids is 1. The summed E-state index contributed by atoms with van der Waals surface area (Å²) in [4.78, 5) is 12.0. The monoisotopic (exact) mass is 270 g/mol. The molecule has 3 N–H and O–H groups in total. The molecule has 0 bridgehead atoms. The van der Waals surface area contributed by atoms with Crippen LogP contribution in [0.15, 0.2) is 42.5 Å². The van der Waals surface area contributed by atoms with Crippen LogP contribution in [0.5, 0.6) is 0 Å². The Labute approximate surface area is 120 Å². The van der Waals surface area contributed by atoms with Crippen LogP contribution < -0.4 is 11.1 Å². The number of nitrogens with two attached hydrogens (primary N) is 1. The van der Waals surface area contributed by atoms with E-state index >= 15 is 0 Å². The summed E-state index contributed by atoms with van der Waals surface area (Å²) in [5.74, 6) is 0.0412. The largest absolute Gasteiger partial charge is 0.348 e. The van der Waals surface area contributed by atoms with E-state index in [1.807, 2.05) is 39.0 Å². The molecule has 3 heteroatoms. The standard InChI is InChI=1S/C17H22N2O/c1-11(2)16(18)17(20)19-12(3)14-9-8-13-6-4-5-7-15(13)10-14/h4-12,16H,18H2,1-3H3,(H,19,20)/t12-,16?/m1/s1. The number of hydrogen-bond donors (Lipinski definition) is 2. The summed E-state index contributed by atoms with van der Waals surface area (Å²) >= 11 is 0. The van der Waals surface area contributed by atoms with Crippen LogP contribution in [-0.4, -0.2) is 11.9 Å². The summed E-state index contributed by atoms with van der Waals surface area (Å²) < 4.78 is 0. The van der Waals surface area contributed by atoms with Crippen molar-refractivity contribution in [2.45, 2.75) is 32.9 Å². The maximum Gasteiger partial charge on any atom is 0.237 e. The van der Waals surface area contributed by atoms with Gasteiger partial charge in [-0.1, -0.05) is 50.2 Å². The molecule has 0 radical (unpaired) electrons. The van der Waals surface area contributed by atoms with E-state index in [0.717, 1.165) is 5.56 Å². The second-order valence-corrected chi connectivity index (χ2v) is 5.61. The number of hydrogen-bond acceptors (Lipinski definition) is 2. The predicted octanol–water partition coefficient (Wildman–Crippen LogP) is 3.00. The quantitative estimate of drug-likeness (QED) is 0.897. The lowest BCUT2D eigenvalue weighted by Crippen LogP contribution is -2.44. The topological polar surface area (TPSA) is 55.1 Å². The first-order valence-electron chi connectivity index (χ1n) is 7.03. The molecule has 2 aromatic carbocycles. The lowest BCUT2D eigenvalue weighted by molar-refractivity contribution is -0.123. The Balaban J connectivity index is 2.15. The Morgan fingerprint density at radius 2 is 1.70 bits per heavy atom. The van der Waals surface area contributed by atoms with Crippen LogP contribution in [0.2, 0.25) is 0 Å². The Bertz CT molecular complexity index is 607. The highest BCUT2D eigenvalue weighted by molar-refractivity contribution is 5.84. The van der Waals surface area contributed by atoms with Crippen LogP contribution in [0.25, 0.3) is 10.8 Å². The van der Waals surface area contributed by atoms with Gasteiger partial charge in [-0.3, -0.25) is 4.79 Å². The molecule has 1 amide bonds. The zero-order valence-corrected chi connectivity index (χ0v) is 12.3. The summed E-state index contributed by atoms with van der Waals surface area (Å²) in [6.07, 6.45) is 0. The maximum absolute atomic E-state index is 12.0. The summed E-state index contributed by atoms with van der Waals surface area (Å²) in [7, 11) is 0. The number of amides is 1. The first kappa shape index (κ1) is 14.5. The first-order chi connectivity index (χ1) is 9.49. The normalized spacial score (nSPS) is 14.2. The molecule has 0 heterocycles. The van der Waals surface area contributed by atoms with Gasteiger partial charge in [0.05, 0.1) is 12.1 Å². The van der Waals surface area contributed by atoms with Gasteiger partial charge in [-0.05, 0) is 35.2 Å². The van der Waals surface area contributed by atoms with Crippen molar-refractivity contribution in [3.05, 3.63) is 48.0 Å². The van der Waals surface area contributed by atoms with Crippen molar-refractivity contribution in [1.82, 2.24) is 5.32 Å². The second kappa shape index (κ2) is 6.06. The van der Waals surface area contributed by atoms with Crippen molar-refractivity contribution in [2.75, 3.05) is 0 Å². The molecule has 0 saturated heterocycles. The minimum absolute atomic E-state index is 0.0445. The Kier molecular flexibility index (Phi) is 4.40. The van der Waals surface area contributed by atoms with Crippen LogP contribution in [0.4, 0.5) is 0 Å². The van der Waals surface area contributed by atoms with E-state index in [4.69, 9.17) is 5.73 Å². The maximum atomic E-state index is 12.0. The summed E-state index contributed by atoms with van der Waals surface area (Å²) in [5.41, 5.74) is 6.96. The third-order valence-electron chi connectivity index (χ3n) is 3.65. The minimum atomic E-state index is -0.460. The number of carbonyl (C=O) groups is 1. The molecule has 0 saturated carbocycles. The van der Waals surface area contributed by atoms with Gasteiger partial charge in [0.1, 0.15) is 0 Å². The van der Waals surface area contributed by atoms with Crippen molar-refractivity contribution in [3.63, 3.8) is 0 Å². The molecule has 0 aliphatic heterocycles. The summed E-state index contributed by atoms with van der Waals surface area (Å²) in [5, 5.41) is 5.36. The molecule has 0 aliphatic rings. The van der Waals surface area contributed by atoms with E-state index in [1.165, 1.54) is 10.8 Å². The Morgan fingerprint density at radius 3 is 2.35 bits per heavy atom. The smallest absolute Gasteiger partial charge is 0.237 e. The average molecular weight is 270 g/mol. The van der Waals surface area contributed by atoms with Gasteiger partial charge in [0, 0.05) is 0 Å². The lowest BCUT2D eigenvalue weighted by Gasteiger charge is -2.20.